The molecule has 1 heterocycles. The lowest BCUT2D eigenvalue weighted by Gasteiger charge is -2.35. The Kier molecular flexibility index (Phi) is 2.99. The van der Waals surface area contributed by atoms with E-state index in [2.05, 4.69) is 11.5 Å². The summed E-state index contributed by atoms with van der Waals surface area (Å²) in [6.07, 6.45) is -3.77. The molecular formula is C6H16N2O4+2. The fourth-order valence-corrected chi connectivity index (χ4v) is 1.24. The zero-order chi connectivity index (χ0) is 9.30. The van der Waals surface area contributed by atoms with Crippen LogP contribution in [0.25, 0.3) is 0 Å². The van der Waals surface area contributed by atoms with E-state index in [-0.39, 0.29) is 0 Å². The first kappa shape index (κ1) is 9.85. The van der Waals surface area contributed by atoms with E-state index in [1.165, 1.54) is 0 Å². The predicted molar refractivity (Wildman–Crippen MR) is 37.3 cm³/mol. The largest absolute Gasteiger partial charge is 0.387 e. The topological polar surface area (TPSA) is 125 Å². The minimum atomic E-state index is -1.12. The molecule has 12 heavy (non-hydrogen) atoms. The molecule has 1 fully saturated rings. The number of ether oxygens (including phenoxy) is 1. The summed E-state index contributed by atoms with van der Waals surface area (Å²) in [6.45, 7) is 0.308. The zero-order valence-corrected chi connectivity index (χ0v) is 6.76. The van der Waals surface area contributed by atoms with Crippen LogP contribution in [0.5, 0.6) is 0 Å². The number of quaternary nitrogens is 2. The molecule has 0 radical (unpaired) electrons. The Morgan fingerprint density at radius 3 is 2.25 bits per heavy atom. The van der Waals surface area contributed by atoms with Gasteiger partial charge in [-0.05, 0) is 0 Å². The minimum absolute atomic E-state index is 0.308. The van der Waals surface area contributed by atoms with Crippen LogP contribution in [0, 0.1) is 0 Å². The van der Waals surface area contributed by atoms with Gasteiger partial charge in [-0.1, -0.05) is 0 Å². The fourth-order valence-electron chi connectivity index (χ4n) is 1.24. The summed E-state index contributed by atoms with van der Waals surface area (Å²) in [6, 6.07) is -0.706. The third-order valence-corrected chi connectivity index (χ3v) is 2.13. The molecule has 0 aliphatic carbocycles. The molecule has 9 N–H and O–H groups in total. The van der Waals surface area contributed by atoms with E-state index in [0.717, 1.165) is 0 Å². The molecule has 5 atom stereocenters. The van der Waals surface area contributed by atoms with Crippen molar-refractivity contribution in [1.29, 1.82) is 0 Å². The monoisotopic (exact) mass is 180 g/mol. The molecule has 0 bridgehead atoms. The lowest BCUT2D eigenvalue weighted by molar-refractivity contribution is -0.506. The van der Waals surface area contributed by atoms with E-state index in [9.17, 15) is 15.3 Å². The van der Waals surface area contributed by atoms with Crippen LogP contribution in [-0.2, 0) is 4.74 Å². The molecule has 0 spiro atoms. The van der Waals surface area contributed by atoms with Crippen LogP contribution in [0.1, 0.15) is 0 Å². The number of hydrogen-bond donors (Lipinski definition) is 5. The highest BCUT2D eigenvalue weighted by atomic mass is 16.6. The number of rotatable bonds is 1. The summed E-state index contributed by atoms with van der Waals surface area (Å²) >= 11 is 0. The van der Waals surface area contributed by atoms with E-state index < -0.39 is 30.6 Å². The Bertz CT molecular complexity index is 152. The van der Waals surface area contributed by atoms with Gasteiger partial charge in [0.2, 0.25) is 6.29 Å². The molecule has 1 aliphatic heterocycles. The third-order valence-electron chi connectivity index (χ3n) is 2.13. The molecule has 6 nitrogen and oxygen atoms in total. The van der Waals surface area contributed by atoms with Crippen molar-refractivity contribution in [3.8, 4) is 0 Å². The first-order valence-corrected chi connectivity index (χ1v) is 3.90. The molecule has 72 valence electrons. The van der Waals surface area contributed by atoms with Gasteiger partial charge in [-0.2, -0.15) is 0 Å². The second-order valence-corrected chi connectivity index (χ2v) is 3.00. The summed E-state index contributed by atoms with van der Waals surface area (Å²) in [4.78, 5) is 0. The maximum Gasteiger partial charge on any atom is 0.211 e. The van der Waals surface area contributed by atoms with Crippen molar-refractivity contribution in [3.63, 3.8) is 0 Å². The van der Waals surface area contributed by atoms with Crippen LogP contribution in [0.15, 0.2) is 0 Å². The minimum Gasteiger partial charge on any atom is -0.387 e. The van der Waals surface area contributed by atoms with Crippen LogP contribution in [-0.4, -0.2) is 52.5 Å². The maximum absolute atomic E-state index is 9.36. The lowest BCUT2D eigenvalue weighted by atomic mass is 9.98. The van der Waals surface area contributed by atoms with Gasteiger partial charge in [-0.3, -0.25) is 0 Å². The van der Waals surface area contributed by atoms with Crippen LogP contribution in [0.2, 0.25) is 0 Å². The summed E-state index contributed by atoms with van der Waals surface area (Å²) < 4.78 is 4.95. The van der Waals surface area contributed by atoms with Crippen molar-refractivity contribution >= 4 is 0 Å². The first-order valence-electron chi connectivity index (χ1n) is 3.90. The first-order chi connectivity index (χ1) is 5.57. The Labute approximate surface area is 69.7 Å². The number of aliphatic hydroxyl groups excluding tert-OH is 3. The molecule has 0 aromatic carbocycles. The highest BCUT2D eigenvalue weighted by molar-refractivity contribution is 4.86. The fraction of sp³-hybridized carbons (Fsp3) is 1.00. The van der Waals surface area contributed by atoms with Gasteiger partial charge in [0, 0.05) is 0 Å². The van der Waals surface area contributed by atoms with Gasteiger partial charge in [-0.15, -0.1) is 0 Å². The Hall–Kier alpha value is -0.240. The maximum atomic E-state index is 9.36. The van der Waals surface area contributed by atoms with Crippen molar-refractivity contribution < 1.29 is 31.5 Å². The van der Waals surface area contributed by atoms with Crippen molar-refractivity contribution in [1.82, 2.24) is 0 Å². The van der Waals surface area contributed by atoms with Crippen LogP contribution in [0.4, 0.5) is 0 Å². The Morgan fingerprint density at radius 2 is 1.75 bits per heavy atom. The molecule has 0 saturated carbocycles. The molecular weight excluding hydrogens is 164 g/mol. The molecule has 1 aliphatic rings. The second-order valence-electron chi connectivity index (χ2n) is 3.00. The van der Waals surface area contributed by atoms with Crippen molar-refractivity contribution in [2.75, 3.05) is 6.54 Å². The SMILES string of the molecule is [NH3+]C[C@H]1O[C@H](O)[C@@H]([NH3+])[C@@H](O)[C@@H]1O. The van der Waals surface area contributed by atoms with E-state index in [0.29, 0.717) is 6.54 Å². The summed E-state index contributed by atoms with van der Waals surface area (Å²) in [5, 5.41) is 27.9. The highest BCUT2D eigenvalue weighted by Crippen LogP contribution is 2.15. The van der Waals surface area contributed by atoms with Gasteiger partial charge in [0.05, 0.1) is 0 Å². The summed E-state index contributed by atoms with van der Waals surface area (Å²) in [7, 11) is 0. The van der Waals surface area contributed by atoms with Gasteiger partial charge in [-0.25, -0.2) is 0 Å². The second kappa shape index (κ2) is 3.65. The molecule has 1 saturated heterocycles. The van der Waals surface area contributed by atoms with Gasteiger partial charge in [0.1, 0.15) is 24.9 Å². The molecule has 0 aromatic rings. The third kappa shape index (κ3) is 1.58. The summed E-state index contributed by atoms with van der Waals surface area (Å²) in [5.41, 5.74) is 7.00. The molecule has 1 rings (SSSR count). The lowest BCUT2D eigenvalue weighted by Crippen LogP contribution is -2.79. The Balaban J connectivity index is 2.63. The van der Waals surface area contributed by atoms with Crippen molar-refractivity contribution in [2.45, 2.75) is 30.6 Å². The van der Waals surface area contributed by atoms with Crippen LogP contribution < -0.4 is 11.5 Å². The normalized spacial score (nSPS) is 49.2. The van der Waals surface area contributed by atoms with E-state index in [4.69, 9.17) is 4.74 Å². The number of aliphatic hydroxyl groups is 3. The van der Waals surface area contributed by atoms with Gasteiger partial charge >= 0.3 is 0 Å². The molecule has 6 heteroatoms. The van der Waals surface area contributed by atoms with Crippen LogP contribution >= 0.6 is 0 Å². The van der Waals surface area contributed by atoms with E-state index in [1.807, 2.05) is 0 Å². The molecule has 0 unspecified atom stereocenters. The van der Waals surface area contributed by atoms with E-state index in [1.54, 1.807) is 0 Å². The quantitative estimate of drug-likeness (QED) is 0.278. The average Bonchev–Trinajstić information content (AvgIpc) is 2.08. The molecule has 0 amide bonds. The smallest absolute Gasteiger partial charge is 0.211 e. The zero-order valence-electron chi connectivity index (χ0n) is 6.76. The van der Waals surface area contributed by atoms with E-state index >= 15 is 0 Å². The highest BCUT2D eigenvalue weighted by Gasteiger charge is 2.44. The van der Waals surface area contributed by atoms with Crippen LogP contribution in [0.3, 0.4) is 0 Å². The van der Waals surface area contributed by atoms with Gasteiger partial charge < -0.3 is 31.5 Å². The number of hydrogen-bond acceptors (Lipinski definition) is 4. The summed E-state index contributed by atoms with van der Waals surface area (Å²) in [5.74, 6) is 0. The average molecular weight is 180 g/mol. The Morgan fingerprint density at radius 1 is 1.17 bits per heavy atom. The van der Waals surface area contributed by atoms with Gasteiger partial charge in [0.15, 0.2) is 6.04 Å². The predicted octanol–water partition coefficient (Wildman–Crippen LogP) is -4.72. The van der Waals surface area contributed by atoms with Crippen molar-refractivity contribution in [2.24, 2.45) is 0 Å². The molecule has 0 aromatic heterocycles. The van der Waals surface area contributed by atoms with Crippen molar-refractivity contribution in [3.05, 3.63) is 0 Å². The standard InChI is InChI=1S/C6H14N2O4/c7-1-2-4(9)5(10)3(8)6(11)12-2/h2-6,9-11H,1,7-8H2/p+2/t2-,3+,4-,5-,6+/m1/s1. The van der Waals surface area contributed by atoms with Gasteiger partial charge in [0.25, 0.3) is 0 Å².